The van der Waals surface area contributed by atoms with Crippen molar-refractivity contribution in [1.82, 2.24) is 15.5 Å². The van der Waals surface area contributed by atoms with Crippen molar-refractivity contribution in [3.63, 3.8) is 0 Å². The van der Waals surface area contributed by atoms with Crippen molar-refractivity contribution < 1.29 is 19.1 Å². The maximum Gasteiger partial charge on any atom is 0.325 e. The third kappa shape index (κ3) is 4.68. The van der Waals surface area contributed by atoms with Crippen LogP contribution in [0.5, 0.6) is 5.75 Å². The number of carbonyl (C=O) groups is 3. The maximum atomic E-state index is 12.9. The number of para-hydroxylation sites is 1. The molecule has 1 atom stereocenters. The van der Waals surface area contributed by atoms with Gasteiger partial charge in [0.05, 0.1) is 7.11 Å². The third-order valence-electron chi connectivity index (χ3n) is 4.79. The molecule has 0 bridgehead atoms. The van der Waals surface area contributed by atoms with E-state index in [2.05, 4.69) is 10.6 Å². The molecule has 1 aliphatic rings. The molecule has 2 N–H and O–H groups in total. The molecular weight excluding hydrogens is 394 g/mol. The van der Waals surface area contributed by atoms with Crippen molar-refractivity contribution in [3.05, 3.63) is 64.7 Å². The van der Waals surface area contributed by atoms with E-state index in [1.54, 1.807) is 44.4 Å². The molecule has 0 radical (unpaired) electrons. The summed E-state index contributed by atoms with van der Waals surface area (Å²) >= 11 is 5.84. The number of carbonyl (C=O) groups excluding carboxylic acids is 3. The minimum Gasteiger partial charge on any atom is -0.496 e. The Bertz CT molecular complexity index is 932. The van der Waals surface area contributed by atoms with Crippen LogP contribution in [-0.2, 0) is 22.6 Å². The fraction of sp³-hybridized carbons (Fsp3) is 0.286. The molecule has 1 heterocycles. The Kier molecular flexibility index (Phi) is 6.08. The Labute approximate surface area is 174 Å². The molecule has 0 aliphatic carbocycles. The third-order valence-corrected chi connectivity index (χ3v) is 5.04. The summed E-state index contributed by atoms with van der Waals surface area (Å²) in [5, 5.41) is 6.01. The van der Waals surface area contributed by atoms with Gasteiger partial charge in [-0.05, 0) is 36.2 Å². The lowest BCUT2D eigenvalue weighted by molar-refractivity contribution is -0.134. The summed E-state index contributed by atoms with van der Waals surface area (Å²) in [5.41, 5.74) is 0.503. The molecule has 0 unspecified atom stereocenters. The van der Waals surface area contributed by atoms with Crippen LogP contribution in [-0.4, -0.2) is 41.9 Å². The summed E-state index contributed by atoms with van der Waals surface area (Å²) in [4.78, 5) is 38.5. The first kappa shape index (κ1) is 20.7. The van der Waals surface area contributed by atoms with Crippen LogP contribution in [0, 0.1) is 0 Å². The van der Waals surface area contributed by atoms with Crippen LogP contribution in [0.4, 0.5) is 4.79 Å². The predicted molar refractivity (Wildman–Crippen MR) is 109 cm³/mol. The number of amides is 4. The average Bonchev–Trinajstić information content (AvgIpc) is 2.91. The molecule has 2 aromatic carbocycles. The van der Waals surface area contributed by atoms with Gasteiger partial charge in [-0.3, -0.25) is 14.5 Å². The number of hydrogen-bond acceptors (Lipinski definition) is 4. The van der Waals surface area contributed by atoms with Crippen LogP contribution in [0.3, 0.4) is 0 Å². The summed E-state index contributed by atoms with van der Waals surface area (Å²) in [7, 11) is 1.55. The largest absolute Gasteiger partial charge is 0.496 e. The number of halogens is 1. The normalized spacial score (nSPS) is 18.5. The van der Waals surface area contributed by atoms with Crippen molar-refractivity contribution in [2.75, 3.05) is 13.7 Å². The number of methoxy groups -OCH3 is 1. The van der Waals surface area contributed by atoms with Gasteiger partial charge in [0.15, 0.2) is 0 Å². The highest BCUT2D eigenvalue weighted by atomic mass is 35.5. The summed E-state index contributed by atoms with van der Waals surface area (Å²) < 4.78 is 5.33. The first-order valence-electron chi connectivity index (χ1n) is 9.09. The van der Waals surface area contributed by atoms with Gasteiger partial charge in [-0.25, -0.2) is 4.79 Å². The predicted octanol–water partition coefficient (Wildman–Crippen LogP) is 2.52. The maximum absolute atomic E-state index is 12.9. The molecule has 3 rings (SSSR count). The van der Waals surface area contributed by atoms with Crippen LogP contribution in [0.25, 0.3) is 0 Å². The van der Waals surface area contributed by atoms with Gasteiger partial charge < -0.3 is 15.4 Å². The van der Waals surface area contributed by atoms with Crippen molar-refractivity contribution in [1.29, 1.82) is 0 Å². The van der Waals surface area contributed by atoms with E-state index in [9.17, 15) is 14.4 Å². The zero-order valence-corrected chi connectivity index (χ0v) is 17.0. The van der Waals surface area contributed by atoms with Crippen LogP contribution in [0.1, 0.15) is 18.1 Å². The summed E-state index contributed by atoms with van der Waals surface area (Å²) in [6.07, 6.45) is 0.254. The second-order valence-corrected chi connectivity index (χ2v) is 7.48. The Morgan fingerprint density at radius 2 is 1.86 bits per heavy atom. The van der Waals surface area contributed by atoms with Gasteiger partial charge in [-0.2, -0.15) is 0 Å². The SMILES string of the molecule is COc1ccccc1C[C@@]1(C)NC(=O)N(CC(=O)NCc2ccc(Cl)cc2)C1=O. The van der Waals surface area contributed by atoms with E-state index in [0.717, 1.165) is 16.0 Å². The van der Waals surface area contributed by atoms with Crippen molar-refractivity contribution in [2.45, 2.75) is 25.4 Å². The number of imide groups is 1. The first-order chi connectivity index (χ1) is 13.8. The molecule has 0 saturated carbocycles. The number of rotatable bonds is 7. The standard InChI is InChI=1S/C21H22ClN3O4/c1-21(11-15-5-3-4-6-17(15)29-2)19(27)25(20(28)24-21)13-18(26)23-12-14-7-9-16(22)10-8-14/h3-10H,11-13H2,1-2H3,(H,23,26)(H,24,28)/t21-/m1/s1. The Morgan fingerprint density at radius 3 is 2.55 bits per heavy atom. The number of urea groups is 1. The van der Waals surface area contributed by atoms with Gasteiger partial charge in [-0.1, -0.05) is 41.9 Å². The quantitative estimate of drug-likeness (QED) is 0.680. The van der Waals surface area contributed by atoms with Gasteiger partial charge in [0.2, 0.25) is 5.91 Å². The highest BCUT2D eigenvalue weighted by Gasteiger charge is 2.48. The summed E-state index contributed by atoms with van der Waals surface area (Å²) in [5.74, 6) is -0.241. The zero-order valence-electron chi connectivity index (χ0n) is 16.2. The molecule has 7 nitrogen and oxygen atoms in total. The van der Waals surface area contributed by atoms with E-state index in [4.69, 9.17) is 16.3 Å². The lowest BCUT2D eigenvalue weighted by Crippen LogP contribution is -2.46. The molecule has 0 aromatic heterocycles. The van der Waals surface area contributed by atoms with E-state index < -0.39 is 23.4 Å². The van der Waals surface area contributed by atoms with E-state index in [1.807, 2.05) is 18.2 Å². The highest BCUT2D eigenvalue weighted by molar-refractivity contribution is 6.30. The number of nitrogens with zero attached hydrogens (tertiary/aromatic N) is 1. The molecule has 4 amide bonds. The Hall–Kier alpha value is -3.06. The van der Waals surface area contributed by atoms with Crippen molar-refractivity contribution >= 4 is 29.4 Å². The number of hydrogen-bond donors (Lipinski definition) is 2. The molecule has 2 aromatic rings. The highest BCUT2D eigenvalue weighted by Crippen LogP contribution is 2.27. The number of benzene rings is 2. The van der Waals surface area contributed by atoms with E-state index in [0.29, 0.717) is 10.8 Å². The lowest BCUT2D eigenvalue weighted by atomic mass is 9.92. The average molecular weight is 416 g/mol. The molecule has 29 heavy (non-hydrogen) atoms. The van der Waals surface area contributed by atoms with Crippen molar-refractivity contribution in [3.8, 4) is 5.75 Å². The van der Waals surface area contributed by atoms with Gasteiger partial charge in [-0.15, -0.1) is 0 Å². The molecule has 1 aliphatic heterocycles. The Balaban J connectivity index is 1.63. The van der Waals surface area contributed by atoms with Gasteiger partial charge in [0, 0.05) is 18.0 Å². The van der Waals surface area contributed by atoms with Crippen molar-refractivity contribution in [2.24, 2.45) is 0 Å². The smallest absolute Gasteiger partial charge is 0.325 e. The van der Waals surface area contributed by atoms with E-state index in [1.165, 1.54) is 0 Å². The molecule has 0 spiro atoms. The van der Waals surface area contributed by atoms with E-state index >= 15 is 0 Å². The fourth-order valence-corrected chi connectivity index (χ4v) is 3.37. The molecule has 1 saturated heterocycles. The topological polar surface area (TPSA) is 87.7 Å². The monoisotopic (exact) mass is 415 g/mol. The first-order valence-corrected chi connectivity index (χ1v) is 9.47. The van der Waals surface area contributed by atoms with Crippen LogP contribution in [0.15, 0.2) is 48.5 Å². The number of nitrogens with one attached hydrogen (secondary N) is 2. The van der Waals surface area contributed by atoms with E-state index in [-0.39, 0.29) is 19.5 Å². The van der Waals surface area contributed by atoms with Crippen LogP contribution < -0.4 is 15.4 Å². The zero-order chi connectivity index (χ0) is 21.0. The number of ether oxygens (including phenoxy) is 1. The minimum absolute atomic E-state index is 0.254. The molecule has 152 valence electrons. The second-order valence-electron chi connectivity index (χ2n) is 7.05. The van der Waals surface area contributed by atoms with Crippen LogP contribution in [0.2, 0.25) is 5.02 Å². The second kappa shape index (κ2) is 8.53. The summed E-state index contributed by atoms with van der Waals surface area (Å²) in [6, 6.07) is 13.7. The lowest BCUT2D eigenvalue weighted by Gasteiger charge is -2.22. The van der Waals surface area contributed by atoms with Gasteiger partial charge >= 0.3 is 6.03 Å². The molecular formula is C21H22ClN3O4. The molecule has 8 heteroatoms. The fourth-order valence-electron chi connectivity index (χ4n) is 3.24. The van der Waals surface area contributed by atoms with Crippen LogP contribution >= 0.6 is 11.6 Å². The minimum atomic E-state index is -1.15. The Morgan fingerprint density at radius 1 is 1.17 bits per heavy atom. The van der Waals surface area contributed by atoms with Gasteiger partial charge in [0.25, 0.3) is 5.91 Å². The summed E-state index contributed by atoms with van der Waals surface area (Å²) in [6.45, 7) is 1.57. The van der Waals surface area contributed by atoms with Gasteiger partial charge in [0.1, 0.15) is 17.8 Å². The molecule has 1 fully saturated rings.